The van der Waals surface area contributed by atoms with Gasteiger partial charge >= 0.3 is 0 Å². The highest BCUT2D eigenvalue weighted by molar-refractivity contribution is 5.79. The number of carbonyl (C=O) groups excluding carboxylic acids is 1. The fourth-order valence-electron chi connectivity index (χ4n) is 4.17. The molecule has 23 heavy (non-hydrogen) atoms. The molecule has 0 spiro atoms. The predicted molar refractivity (Wildman–Crippen MR) is 92.8 cm³/mol. The van der Waals surface area contributed by atoms with Gasteiger partial charge in [-0.15, -0.1) is 0 Å². The van der Waals surface area contributed by atoms with E-state index in [4.69, 9.17) is 5.73 Å². The fourth-order valence-corrected chi connectivity index (χ4v) is 4.17. The zero-order chi connectivity index (χ0) is 16.1. The summed E-state index contributed by atoms with van der Waals surface area (Å²) in [5.41, 5.74) is 7.15. The number of amides is 1. The molecule has 1 unspecified atom stereocenters. The van der Waals surface area contributed by atoms with Crippen LogP contribution in [0.3, 0.4) is 0 Å². The number of nitrogens with one attached hydrogen (secondary N) is 1. The minimum absolute atomic E-state index is 0.143. The smallest absolute Gasteiger partial charge is 0.223 e. The van der Waals surface area contributed by atoms with Gasteiger partial charge in [0.15, 0.2) is 0 Å². The van der Waals surface area contributed by atoms with Gasteiger partial charge in [-0.3, -0.25) is 9.69 Å². The average molecular weight is 315 g/mol. The Morgan fingerprint density at radius 1 is 1.17 bits per heavy atom. The Balaban J connectivity index is 1.50. The molecule has 1 aromatic carbocycles. The number of rotatable bonds is 6. The van der Waals surface area contributed by atoms with Gasteiger partial charge in [-0.1, -0.05) is 36.8 Å². The van der Waals surface area contributed by atoms with Crippen LogP contribution in [0.25, 0.3) is 0 Å². The lowest BCUT2D eigenvalue weighted by molar-refractivity contribution is -0.126. The minimum atomic E-state index is 0.143. The van der Waals surface area contributed by atoms with Gasteiger partial charge in [-0.2, -0.15) is 0 Å². The summed E-state index contributed by atoms with van der Waals surface area (Å²) in [6.45, 7) is 3.53. The van der Waals surface area contributed by atoms with Gasteiger partial charge in [0.1, 0.15) is 0 Å². The van der Waals surface area contributed by atoms with Crippen molar-refractivity contribution in [2.24, 2.45) is 17.6 Å². The molecule has 1 aromatic rings. The van der Waals surface area contributed by atoms with Crippen molar-refractivity contribution in [2.45, 2.75) is 44.7 Å². The zero-order valence-corrected chi connectivity index (χ0v) is 13.9. The van der Waals surface area contributed by atoms with Gasteiger partial charge in [-0.05, 0) is 50.3 Å². The first-order valence-corrected chi connectivity index (χ1v) is 9.03. The molecular formula is C19H29N3O. The Hall–Kier alpha value is -1.39. The largest absolute Gasteiger partial charge is 0.354 e. The Labute approximate surface area is 139 Å². The maximum Gasteiger partial charge on any atom is 0.223 e. The molecule has 0 bridgehead atoms. The van der Waals surface area contributed by atoms with E-state index >= 15 is 0 Å². The van der Waals surface area contributed by atoms with Crippen molar-refractivity contribution in [1.82, 2.24) is 10.2 Å². The van der Waals surface area contributed by atoms with Crippen molar-refractivity contribution in [1.29, 1.82) is 0 Å². The summed E-state index contributed by atoms with van der Waals surface area (Å²) in [6, 6.07) is 11.1. The summed E-state index contributed by atoms with van der Waals surface area (Å²) < 4.78 is 0. The van der Waals surface area contributed by atoms with Crippen LogP contribution >= 0.6 is 0 Å². The van der Waals surface area contributed by atoms with Gasteiger partial charge in [0.25, 0.3) is 0 Å². The van der Waals surface area contributed by atoms with Crippen molar-refractivity contribution in [3.8, 4) is 0 Å². The second kappa shape index (κ2) is 7.93. The second-order valence-corrected chi connectivity index (χ2v) is 7.03. The first-order valence-electron chi connectivity index (χ1n) is 9.03. The van der Waals surface area contributed by atoms with E-state index in [1.165, 1.54) is 18.4 Å². The fraction of sp³-hybridized carbons (Fsp3) is 0.632. The lowest BCUT2D eigenvalue weighted by atomic mass is 9.95. The number of carbonyl (C=O) groups is 1. The van der Waals surface area contributed by atoms with Gasteiger partial charge in [0.05, 0.1) is 0 Å². The Morgan fingerprint density at radius 2 is 2.00 bits per heavy atom. The van der Waals surface area contributed by atoms with E-state index in [0.29, 0.717) is 18.5 Å². The maximum atomic E-state index is 12.5. The summed E-state index contributed by atoms with van der Waals surface area (Å²) in [5.74, 6) is 0.757. The van der Waals surface area contributed by atoms with Crippen molar-refractivity contribution in [2.75, 3.05) is 19.6 Å². The minimum Gasteiger partial charge on any atom is -0.354 e. The molecule has 1 aliphatic carbocycles. The van der Waals surface area contributed by atoms with Crippen LogP contribution in [0.2, 0.25) is 0 Å². The molecule has 4 nitrogen and oxygen atoms in total. The van der Waals surface area contributed by atoms with E-state index in [2.05, 4.69) is 40.5 Å². The lowest BCUT2D eigenvalue weighted by Crippen LogP contribution is -2.43. The molecule has 2 aliphatic rings. The van der Waals surface area contributed by atoms with Crippen molar-refractivity contribution in [3.05, 3.63) is 35.9 Å². The number of hydrogen-bond acceptors (Lipinski definition) is 3. The van der Waals surface area contributed by atoms with Crippen LogP contribution < -0.4 is 11.1 Å². The Morgan fingerprint density at radius 3 is 2.78 bits per heavy atom. The number of benzene rings is 1. The highest BCUT2D eigenvalue weighted by atomic mass is 16.1. The van der Waals surface area contributed by atoms with Gasteiger partial charge in [-0.25, -0.2) is 0 Å². The number of hydrogen-bond donors (Lipinski definition) is 2. The zero-order valence-electron chi connectivity index (χ0n) is 13.9. The number of nitrogens with zero attached hydrogens (tertiary/aromatic N) is 1. The van der Waals surface area contributed by atoms with Crippen molar-refractivity contribution in [3.63, 3.8) is 0 Å². The summed E-state index contributed by atoms with van der Waals surface area (Å²) in [7, 11) is 0. The summed E-state index contributed by atoms with van der Waals surface area (Å²) >= 11 is 0. The molecule has 126 valence electrons. The van der Waals surface area contributed by atoms with E-state index in [1.54, 1.807) is 0 Å². The van der Waals surface area contributed by atoms with E-state index in [0.717, 1.165) is 38.9 Å². The third kappa shape index (κ3) is 4.12. The second-order valence-electron chi connectivity index (χ2n) is 7.03. The summed E-state index contributed by atoms with van der Waals surface area (Å²) in [5, 5.41) is 3.21. The van der Waals surface area contributed by atoms with E-state index in [9.17, 15) is 4.79 Å². The highest BCUT2D eigenvalue weighted by Gasteiger charge is 2.32. The van der Waals surface area contributed by atoms with Gasteiger partial charge in [0.2, 0.25) is 5.91 Å². The van der Waals surface area contributed by atoms with Crippen LogP contribution in [0.1, 0.15) is 37.7 Å². The monoisotopic (exact) mass is 315 g/mol. The van der Waals surface area contributed by atoms with Crippen LogP contribution in [-0.2, 0) is 11.3 Å². The molecule has 3 N–H and O–H groups in total. The molecular weight excluding hydrogens is 286 g/mol. The molecule has 3 atom stereocenters. The molecule has 0 radical (unpaired) electrons. The molecule has 3 rings (SSSR count). The normalized spacial score (nSPS) is 28.1. The third-order valence-electron chi connectivity index (χ3n) is 5.54. The first kappa shape index (κ1) is 16.5. The van der Waals surface area contributed by atoms with Crippen LogP contribution in [0.4, 0.5) is 0 Å². The van der Waals surface area contributed by atoms with E-state index in [1.807, 2.05) is 0 Å². The first-order chi connectivity index (χ1) is 11.3. The third-order valence-corrected chi connectivity index (χ3v) is 5.54. The quantitative estimate of drug-likeness (QED) is 0.845. The predicted octanol–water partition coefficient (Wildman–Crippen LogP) is 2.14. The van der Waals surface area contributed by atoms with Crippen LogP contribution in [0.5, 0.6) is 0 Å². The molecule has 1 aliphatic heterocycles. The van der Waals surface area contributed by atoms with E-state index in [-0.39, 0.29) is 11.8 Å². The van der Waals surface area contributed by atoms with Crippen molar-refractivity contribution >= 4 is 5.91 Å². The highest BCUT2D eigenvalue weighted by Crippen LogP contribution is 2.31. The number of likely N-dealkylation sites (tertiary alicyclic amines) is 1. The molecule has 0 aromatic heterocycles. The Kier molecular flexibility index (Phi) is 5.68. The standard InChI is InChI=1S/C19H29N3O/c20-12-16-8-4-10-18(16)19(23)21-13-17-9-5-11-22(17)14-15-6-2-1-3-7-15/h1-3,6-7,16-18H,4-5,8-14,20H2,(H,21,23)/t16-,17?,18-/m1/s1. The number of nitrogens with two attached hydrogens (primary N) is 1. The maximum absolute atomic E-state index is 12.5. The summed E-state index contributed by atoms with van der Waals surface area (Å²) in [4.78, 5) is 15.0. The van der Waals surface area contributed by atoms with Gasteiger partial charge < -0.3 is 11.1 Å². The van der Waals surface area contributed by atoms with Crippen LogP contribution in [0, 0.1) is 11.8 Å². The van der Waals surface area contributed by atoms with E-state index < -0.39 is 0 Å². The molecule has 1 saturated heterocycles. The van der Waals surface area contributed by atoms with Crippen LogP contribution in [0.15, 0.2) is 30.3 Å². The molecule has 2 fully saturated rings. The lowest BCUT2D eigenvalue weighted by Gasteiger charge is -2.26. The van der Waals surface area contributed by atoms with Crippen molar-refractivity contribution < 1.29 is 4.79 Å². The topological polar surface area (TPSA) is 58.4 Å². The Bertz CT molecular complexity index is 505. The molecule has 4 heteroatoms. The van der Waals surface area contributed by atoms with Crippen LogP contribution in [-0.4, -0.2) is 36.5 Å². The van der Waals surface area contributed by atoms with Gasteiger partial charge in [0, 0.05) is 25.0 Å². The average Bonchev–Trinajstić information content (AvgIpc) is 3.22. The summed E-state index contributed by atoms with van der Waals surface area (Å²) in [6.07, 6.45) is 5.66. The molecule has 1 saturated carbocycles. The molecule has 1 heterocycles. The molecule has 1 amide bonds. The SMILES string of the molecule is NC[C@H]1CCC[C@H]1C(=O)NCC1CCCN1Cc1ccccc1.